The van der Waals surface area contributed by atoms with Crippen LogP contribution < -0.4 is 10.6 Å². The number of carbonyl (C=O) groups excluding carboxylic acids is 1. The minimum absolute atomic E-state index is 0.193. The van der Waals surface area contributed by atoms with Crippen LogP contribution in [-0.4, -0.2) is 60.3 Å². The van der Waals surface area contributed by atoms with Crippen molar-refractivity contribution in [2.24, 2.45) is 4.99 Å². The second-order valence-corrected chi connectivity index (χ2v) is 6.80. The number of ether oxygens (including phenoxy) is 1. The molecule has 7 nitrogen and oxygen atoms in total. The van der Waals surface area contributed by atoms with Crippen molar-refractivity contribution >= 4 is 12.1 Å². The maximum Gasteiger partial charge on any atom is 0.410 e. The lowest BCUT2D eigenvalue weighted by molar-refractivity contribution is 0.00701. The van der Waals surface area contributed by atoms with Crippen molar-refractivity contribution in [3.05, 3.63) is 30.1 Å². The molecule has 1 fully saturated rings. The van der Waals surface area contributed by atoms with Crippen LogP contribution in [-0.2, 0) is 11.2 Å². The third kappa shape index (κ3) is 5.72. The Bertz CT molecular complexity index is 562. The van der Waals surface area contributed by atoms with Crippen molar-refractivity contribution in [2.75, 3.05) is 26.7 Å². The van der Waals surface area contributed by atoms with E-state index in [0.29, 0.717) is 13.1 Å². The molecule has 0 saturated carbocycles. The Balaban J connectivity index is 1.67. The summed E-state index contributed by atoms with van der Waals surface area (Å²) in [6.07, 6.45) is 2.36. The number of aliphatic imine (C=N–C) groups is 1. The number of guanidine groups is 1. The van der Waals surface area contributed by atoms with E-state index in [1.54, 1.807) is 18.1 Å². The summed E-state index contributed by atoms with van der Waals surface area (Å²) in [5.74, 6) is 0.736. The molecule has 1 aliphatic heterocycles. The van der Waals surface area contributed by atoms with Gasteiger partial charge in [0.25, 0.3) is 0 Å². The van der Waals surface area contributed by atoms with Gasteiger partial charge >= 0.3 is 6.09 Å². The zero-order valence-corrected chi connectivity index (χ0v) is 14.9. The van der Waals surface area contributed by atoms with Crippen LogP contribution in [0, 0.1) is 0 Å². The van der Waals surface area contributed by atoms with E-state index in [0.717, 1.165) is 24.6 Å². The molecule has 1 aromatic rings. The van der Waals surface area contributed by atoms with Gasteiger partial charge in [0.2, 0.25) is 0 Å². The predicted molar refractivity (Wildman–Crippen MR) is 94.0 cm³/mol. The maximum absolute atomic E-state index is 11.9. The lowest BCUT2D eigenvalue weighted by Gasteiger charge is -2.40. The van der Waals surface area contributed by atoms with Crippen molar-refractivity contribution in [1.82, 2.24) is 20.5 Å². The third-order valence-corrected chi connectivity index (χ3v) is 3.50. The highest BCUT2D eigenvalue weighted by Gasteiger charge is 2.34. The summed E-state index contributed by atoms with van der Waals surface area (Å²) in [4.78, 5) is 22.1. The third-order valence-electron chi connectivity index (χ3n) is 3.50. The summed E-state index contributed by atoms with van der Waals surface area (Å²) < 4.78 is 5.34. The number of pyridine rings is 1. The second kappa shape index (κ2) is 7.99. The van der Waals surface area contributed by atoms with Gasteiger partial charge in [-0.15, -0.1) is 0 Å². The van der Waals surface area contributed by atoms with E-state index in [1.807, 2.05) is 39.0 Å². The topological polar surface area (TPSA) is 78.9 Å². The van der Waals surface area contributed by atoms with E-state index in [1.165, 1.54) is 0 Å². The van der Waals surface area contributed by atoms with E-state index < -0.39 is 5.60 Å². The molecule has 0 bridgehead atoms. The molecule has 132 valence electrons. The largest absolute Gasteiger partial charge is 0.444 e. The number of amides is 1. The molecule has 2 N–H and O–H groups in total. The molecule has 1 aliphatic rings. The van der Waals surface area contributed by atoms with E-state index >= 15 is 0 Å². The molecule has 2 heterocycles. The van der Waals surface area contributed by atoms with Crippen LogP contribution in [0.4, 0.5) is 4.79 Å². The van der Waals surface area contributed by atoms with Gasteiger partial charge in [-0.2, -0.15) is 0 Å². The van der Waals surface area contributed by atoms with Crippen LogP contribution in [0.25, 0.3) is 0 Å². The van der Waals surface area contributed by atoms with Crippen LogP contribution >= 0.6 is 0 Å². The van der Waals surface area contributed by atoms with Gasteiger partial charge in [-0.3, -0.25) is 9.98 Å². The highest BCUT2D eigenvalue weighted by atomic mass is 16.6. The Kier molecular flexibility index (Phi) is 6.00. The van der Waals surface area contributed by atoms with Crippen LogP contribution in [0.1, 0.15) is 26.5 Å². The van der Waals surface area contributed by atoms with Crippen molar-refractivity contribution in [1.29, 1.82) is 0 Å². The zero-order chi connectivity index (χ0) is 17.6. The lowest BCUT2D eigenvalue weighted by Crippen LogP contribution is -2.63. The Morgan fingerprint density at radius 3 is 2.75 bits per heavy atom. The Morgan fingerprint density at radius 1 is 1.42 bits per heavy atom. The average Bonchev–Trinajstić information content (AvgIpc) is 2.47. The highest BCUT2D eigenvalue weighted by molar-refractivity contribution is 5.80. The Hall–Kier alpha value is -2.31. The average molecular weight is 333 g/mol. The van der Waals surface area contributed by atoms with Gasteiger partial charge in [-0.1, -0.05) is 6.07 Å². The molecule has 0 aromatic carbocycles. The van der Waals surface area contributed by atoms with Crippen LogP contribution in [0.5, 0.6) is 0 Å². The fraction of sp³-hybridized carbons (Fsp3) is 0.588. The van der Waals surface area contributed by atoms with Crippen molar-refractivity contribution in [3.63, 3.8) is 0 Å². The second-order valence-electron chi connectivity index (χ2n) is 6.80. The van der Waals surface area contributed by atoms with Crippen LogP contribution in [0.15, 0.2) is 29.4 Å². The van der Waals surface area contributed by atoms with Gasteiger partial charge in [0.05, 0.1) is 6.04 Å². The van der Waals surface area contributed by atoms with Crippen LogP contribution in [0.2, 0.25) is 0 Å². The van der Waals surface area contributed by atoms with Gasteiger partial charge < -0.3 is 20.3 Å². The molecule has 24 heavy (non-hydrogen) atoms. The first-order valence-electron chi connectivity index (χ1n) is 8.22. The summed E-state index contributed by atoms with van der Waals surface area (Å²) in [6, 6.07) is 6.08. The van der Waals surface area contributed by atoms with Gasteiger partial charge in [-0.05, 0) is 32.9 Å². The molecule has 7 heteroatoms. The molecule has 0 aliphatic carbocycles. The SMILES string of the molecule is CN=C(NCCc1ccccn1)NC1CN(C(=O)OC(C)(C)C)C1. The summed E-state index contributed by atoms with van der Waals surface area (Å²) in [7, 11) is 1.74. The minimum Gasteiger partial charge on any atom is -0.444 e. The molecule has 0 radical (unpaired) electrons. The minimum atomic E-state index is -0.460. The number of nitrogens with zero attached hydrogens (tertiary/aromatic N) is 3. The monoisotopic (exact) mass is 333 g/mol. The van der Waals surface area contributed by atoms with Gasteiger partial charge in [0.15, 0.2) is 5.96 Å². The summed E-state index contributed by atoms with van der Waals surface area (Å²) >= 11 is 0. The quantitative estimate of drug-likeness (QED) is 0.643. The van der Waals surface area contributed by atoms with Gasteiger partial charge in [0.1, 0.15) is 5.60 Å². The maximum atomic E-state index is 11.9. The molecule has 0 unspecified atom stereocenters. The molecule has 1 saturated heterocycles. The normalized spacial score (nSPS) is 15.7. The number of rotatable bonds is 4. The van der Waals surface area contributed by atoms with Crippen molar-refractivity contribution in [3.8, 4) is 0 Å². The van der Waals surface area contributed by atoms with E-state index in [9.17, 15) is 4.79 Å². The Labute approximate surface area is 143 Å². The molecule has 0 spiro atoms. The summed E-state index contributed by atoms with van der Waals surface area (Å²) in [5.41, 5.74) is 0.582. The number of aromatic nitrogens is 1. The molecule has 1 aromatic heterocycles. The number of likely N-dealkylation sites (tertiary alicyclic amines) is 1. The molecular weight excluding hydrogens is 306 g/mol. The lowest BCUT2D eigenvalue weighted by atomic mass is 10.1. The van der Waals surface area contributed by atoms with Crippen molar-refractivity contribution in [2.45, 2.75) is 38.8 Å². The predicted octanol–water partition coefficient (Wildman–Crippen LogP) is 1.41. The molecule has 2 rings (SSSR count). The molecular formula is C17H27N5O2. The number of nitrogens with one attached hydrogen (secondary N) is 2. The molecule has 1 amide bonds. The standard InChI is InChI=1S/C17H27N5O2/c1-17(2,3)24-16(23)22-11-14(12-22)21-15(18-4)20-10-8-13-7-5-6-9-19-13/h5-7,9,14H,8,10-12H2,1-4H3,(H2,18,20,21). The first kappa shape index (κ1) is 18.0. The van der Waals surface area contributed by atoms with E-state index in [-0.39, 0.29) is 12.1 Å². The highest BCUT2D eigenvalue weighted by Crippen LogP contribution is 2.15. The summed E-state index contributed by atoms with van der Waals surface area (Å²) in [5, 5.41) is 6.57. The first-order valence-corrected chi connectivity index (χ1v) is 8.22. The fourth-order valence-corrected chi connectivity index (χ4v) is 2.29. The summed E-state index contributed by atoms with van der Waals surface area (Å²) in [6.45, 7) is 7.60. The van der Waals surface area contributed by atoms with E-state index in [2.05, 4.69) is 20.6 Å². The first-order chi connectivity index (χ1) is 11.4. The van der Waals surface area contributed by atoms with Gasteiger partial charge in [-0.25, -0.2) is 4.79 Å². The van der Waals surface area contributed by atoms with Crippen LogP contribution in [0.3, 0.4) is 0 Å². The fourth-order valence-electron chi connectivity index (χ4n) is 2.29. The smallest absolute Gasteiger partial charge is 0.410 e. The zero-order valence-electron chi connectivity index (χ0n) is 14.9. The Morgan fingerprint density at radius 2 is 2.17 bits per heavy atom. The number of hydrogen-bond donors (Lipinski definition) is 2. The molecule has 0 atom stereocenters. The van der Waals surface area contributed by atoms with Gasteiger partial charge in [0, 0.05) is 45.0 Å². The van der Waals surface area contributed by atoms with E-state index in [4.69, 9.17) is 4.74 Å². The number of hydrogen-bond acceptors (Lipinski definition) is 4. The van der Waals surface area contributed by atoms with Crippen molar-refractivity contribution < 1.29 is 9.53 Å². The number of carbonyl (C=O) groups is 1.